The van der Waals surface area contributed by atoms with Gasteiger partial charge in [0.05, 0.1) is 12.5 Å². The van der Waals surface area contributed by atoms with Crippen molar-refractivity contribution in [2.75, 3.05) is 0 Å². The Bertz CT molecular complexity index is 980. The summed E-state index contributed by atoms with van der Waals surface area (Å²) in [6.07, 6.45) is -0.180. The predicted molar refractivity (Wildman–Crippen MR) is 110 cm³/mol. The molecule has 9 heteroatoms. The van der Waals surface area contributed by atoms with Crippen LogP contribution in [0.2, 0.25) is 5.02 Å². The van der Waals surface area contributed by atoms with Gasteiger partial charge in [-0.05, 0) is 30.2 Å². The van der Waals surface area contributed by atoms with Crippen molar-refractivity contribution in [2.24, 2.45) is 0 Å². The number of carbonyl (C=O) groups is 4. The number of hydrazine groups is 1. The Balaban J connectivity index is 1.74. The number of rotatable bonds is 6. The molecule has 30 heavy (non-hydrogen) atoms. The predicted octanol–water partition coefficient (Wildman–Crippen LogP) is 2.41. The standard InChI is InChI=1S/C21H21ClN4O4/c1-13(27)23-17(14-8-10-16(22)11-9-14)12-18(28)25-26-19(29)21(2,24-20(26)30)15-6-4-3-5-7-15/h3-11,17H,12H2,1-2H3,(H,23,27)(H,24,30)(H,25,28)/t17-,21+/m0/s1. The van der Waals surface area contributed by atoms with E-state index in [2.05, 4.69) is 16.1 Å². The van der Waals surface area contributed by atoms with Crippen molar-refractivity contribution in [1.82, 2.24) is 21.1 Å². The van der Waals surface area contributed by atoms with E-state index in [1.807, 2.05) is 0 Å². The largest absolute Gasteiger partial charge is 0.349 e. The van der Waals surface area contributed by atoms with Crippen LogP contribution >= 0.6 is 11.6 Å². The van der Waals surface area contributed by atoms with E-state index in [-0.39, 0.29) is 12.3 Å². The monoisotopic (exact) mass is 428 g/mol. The summed E-state index contributed by atoms with van der Waals surface area (Å²) in [5.74, 6) is -1.53. The second kappa shape index (κ2) is 8.54. The summed E-state index contributed by atoms with van der Waals surface area (Å²) < 4.78 is 0. The lowest BCUT2D eigenvalue weighted by Gasteiger charge is -2.23. The SMILES string of the molecule is CC(=O)N[C@@H](CC(=O)NN1C(=O)N[C@](C)(c2ccccc2)C1=O)c1ccc(Cl)cc1. The fraction of sp³-hybridized carbons (Fsp3) is 0.238. The Morgan fingerprint density at radius 1 is 1.10 bits per heavy atom. The van der Waals surface area contributed by atoms with E-state index in [0.29, 0.717) is 21.2 Å². The molecule has 1 aliphatic heterocycles. The van der Waals surface area contributed by atoms with Crippen molar-refractivity contribution in [2.45, 2.75) is 31.8 Å². The maximum Gasteiger partial charge on any atom is 0.344 e. The molecule has 0 aliphatic carbocycles. The number of benzene rings is 2. The first-order valence-electron chi connectivity index (χ1n) is 9.25. The Morgan fingerprint density at radius 3 is 2.33 bits per heavy atom. The molecule has 156 valence electrons. The van der Waals surface area contributed by atoms with Crippen LogP contribution < -0.4 is 16.1 Å². The molecule has 2 aromatic carbocycles. The Labute approximate surface area is 178 Å². The summed E-state index contributed by atoms with van der Waals surface area (Å²) in [6.45, 7) is 2.91. The van der Waals surface area contributed by atoms with Crippen molar-refractivity contribution >= 4 is 35.4 Å². The van der Waals surface area contributed by atoms with E-state index in [1.54, 1.807) is 61.5 Å². The van der Waals surface area contributed by atoms with Crippen molar-refractivity contribution in [3.63, 3.8) is 0 Å². The minimum Gasteiger partial charge on any atom is -0.349 e. The maximum atomic E-state index is 12.9. The van der Waals surface area contributed by atoms with Crippen LogP contribution in [0, 0.1) is 0 Å². The summed E-state index contributed by atoms with van der Waals surface area (Å²) in [5, 5.41) is 6.49. The minimum absolute atomic E-state index is 0.180. The van der Waals surface area contributed by atoms with Crippen LogP contribution in [0.1, 0.15) is 37.4 Å². The number of nitrogens with zero attached hydrogens (tertiary/aromatic N) is 1. The number of carbonyl (C=O) groups excluding carboxylic acids is 4. The Morgan fingerprint density at radius 2 is 1.73 bits per heavy atom. The first kappa shape index (κ1) is 21.3. The zero-order chi connectivity index (χ0) is 21.9. The highest BCUT2D eigenvalue weighted by atomic mass is 35.5. The van der Waals surface area contributed by atoms with Gasteiger partial charge in [-0.1, -0.05) is 54.1 Å². The molecule has 3 rings (SSSR count). The highest BCUT2D eigenvalue weighted by Gasteiger charge is 2.50. The van der Waals surface area contributed by atoms with Crippen LogP contribution in [0.3, 0.4) is 0 Å². The number of nitrogens with one attached hydrogen (secondary N) is 3. The van der Waals surface area contributed by atoms with Crippen molar-refractivity contribution < 1.29 is 19.2 Å². The lowest BCUT2D eigenvalue weighted by atomic mass is 9.92. The summed E-state index contributed by atoms with van der Waals surface area (Å²) in [7, 11) is 0. The van der Waals surface area contributed by atoms with Gasteiger partial charge in [0.1, 0.15) is 5.54 Å². The molecule has 0 saturated carbocycles. The maximum absolute atomic E-state index is 12.9. The molecule has 0 aromatic heterocycles. The van der Waals surface area contributed by atoms with Crippen LogP contribution in [-0.2, 0) is 19.9 Å². The van der Waals surface area contributed by atoms with Crippen molar-refractivity contribution in [1.29, 1.82) is 0 Å². The summed E-state index contributed by atoms with van der Waals surface area (Å²) >= 11 is 5.90. The first-order chi connectivity index (χ1) is 14.2. The van der Waals surface area contributed by atoms with Crippen molar-refractivity contribution in [3.8, 4) is 0 Å². The van der Waals surface area contributed by atoms with Crippen molar-refractivity contribution in [3.05, 3.63) is 70.7 Å². The number of imide groups is 1. The molecule has 1 aliphatic rings. The average Bonchev–Trinajstić information content (AvgIpc) is 2.92. The van der Waals surface area contributed by atoms with Gasteiger partial charge in [0.15, 0.2) is 0 Å². The fourth-order valence-corrected chi connectivity index (χ4v) is 3.38. The quantitative estimate of drug-likeness (QED) is 0.614. The highest BCUT2D eigenvalue weighted by Crippen LogP contribution is 2.28. The molecule has 2 atom stereocenters. The van der Waals surface area contributed by atoms with E-state index in [9.17, 15) is 19.2 Å². The Hall–Kier alpha value is -3.39. The van der Waals surface area contributed by atoms with Gasteiger partial charge in [0, 0.05) is 11.9 Å². The van der Waals surface area contributed by atoms with Gasteiger partial charge in [-0.3, -0.25) is 19.8 Å². The number of hydrogen-bond acceptors (Lipinski definition) is 4. The number of amides is 5. The van der Waals surface area contributed by atoms with Gasteiger partial charge in [0.2, 0.25) is 11.8 Å². The van der Waals surface area contributed by atoms with Gasteiger partial charge >= 0.3 is 6.03 Å². The molecule has 1 saturated heterocycles. The third-order valence-electron chi connectivity index (χ3n) is 4.82. The minimum atomic E-state index is -1.29. The lowest BCUT2D eigenvalue weighted by Crippen LogP contribution is -2.48. The number of hydrogen-bond donors (Lipinski definition) is 3. The molecule has 1 heterocycles. The average molecular weight is 429 g/mol. The van der Waals surface area contributed by atoms with Gasteiger partial charge in [-0.2, -0.15) is 5.01 Å². The topological polar surface area (TPSA) is 108 Å². The number of halogens is 1. The van der Waals surface area contributed by atoms with Crippen LogP contribution in [0.25, 0.3) is 0 Å². The van der Waals surface area contributed by atoms with E-state index in [0.717, 1.165) is 0 Å². The Kier molecular flexibility index (Phi) is 6.07. The molecular formula is C21H21ClN4O4. The molecule has 1 fully saturated rings. The summed E-state index contributed by atoms with van der Waals surface area (Å²) in [5.41, 5.74) is 2.31. The van der Waals surface area contributed by atoms with E-state index >= 15 is 0 Å². The van der Waals surface area contributed by atoms with Crippen LogP contribution in [-0.4, -0.2) is 28.8 Å². The molecular weight excluding hydrogens is 408 g/mol. The van der Waals surface area contributed by atoms with E-state index < -0.39 is 29.4 Å². The molecule has 5 amide bonds. The smallest absolute Gasteiger partial charge is 0.344 e. The van der Waals surface area contributed by atoms with Gasteiger partial charge in [-0.15, -0.1) is 0 Å². The van der Waals surface area contributed by atoms with Gasteiger partial charge in [-0.25, -0.2) is 4.79 Å². The molecule has 0 radical (unpaired) electrons. The van der Waals surface area contributed by atoms with Crippen LogP contribution in [0.5, 0.6) is 0 Å². The third-order valence-corrected chi connectivity index (χ3v) is 5.07. The summed E-state index contributed by atoms with van der Waals surface area (Å²) in [4.78, 5) is 49.4. The molecule has 3 N–H and O–H groups in total. The third kappa shape index (κ3) is 4.44. The zero-order valence-electron chi connectivity index (χ0n) is 16.4. The van der Waals surface area contributed by atoms with Gasteiger partial charge in [0.25, 0.3) is 5.91 Å². The summed E-state index contributed by atoms with van der Waals surface area (Å²) in [6, 6.07) is 14.0. The van der Waals surface area contributed by atoms with E-state index in [4.69, 9.17) is 11.6 Å². The highest BCUT2D eigenvalue weighted by molar-refractivity contribution is 6.30. The zero-order valence-corrected chi connectivity index (χ0v) is 17.2. The second-order valence-corrected chi connectivity index (χ2v) is 7.54. The van der Waals surface area contributed by atoms with Crippen LogP contribution in [0.15, 0.2) is 54.6 Å². The molecule has 0 bridgehead atoms. The molecule has 0 spiro atoms. The second-order valence-electron chi connectivity index (χ2n) is 7.11. The molecule has 2 aromatic rings. The lowest BCUT2D eigenvalue weighted by molar-refractivity contribution is -0.139. The van der Waals surface area contributed by atoms with E-state index in [1.165, 1.54) is 6.92 Å². The normalized spacial score (nSPS) is 19.2. The van der Waals surface area contributed by atoms with Gasteiger partial charge < -0.3 is 10.6 Å². The fourth-order valence-electron chi connectivity index (χ4n) is 3.26. The molecule has 0 unspecified atom stereocenters. The number of urea groups is 1. The molecule has 8 nitrogen and oxygen atoms in total. The van der Waals surface area contributed by atoms with Crippen LogP contribution in [0.4, 0.5) is 4.79 Å². The first-order valence-corrected chi connectivity index (χ1v) is 9.63.